The molecule has 2 heterocycles. The van der Waals surface area contributed by atoms with Crippen LogP contribution in [0, 0.1) is 0 Å². The van der Waals surface area contributed by atoms with Crippen molar-refractivity contribution in [1.82, 2.24) is 9.88 Å². The van der Waals surface area contributed by atoms with E-state index in [-0.39, 0.29) is 6.54 Å². The van der Waals surface area contributed by atoms with E-state index in [1.54, 1.807) is 7.11 Å². The summed E-state index contributed by atoms with van der Waals surface area (Å²) in [5.74, 6) is 0.339. The maximum atomic E-state index is 11.1. The van der Waals surface area contributed by atoms with Crippen LogP contribution in [0.1, 0.15) is 19.3 Å². The van der Waals surface area contributed by atoms with Crippen molar-refractivity contribution in [2.24, 2.45) is 0 Å². The van der Waals surface area contributed by atoms with Gasteiger partial charge in [0.1, 0.15) is 6.54 Å². The van der Waals surface area contributed by atoms with Crippen molar-refractivity contribution in [3.05, 3.63) is 36.4 Å². The third-order valence-corrected chi connectivity index (χ3v) is 5.46. The van der Waals surface area contributed by atoms with Crippen molar-refractivity contribution >= 4 is 33.5 Å². The SMILES string of the molecule is COc1cc2c(NCC(=O)O)c3ccccc3nc2cc1OCCCN1CCCC1. The zero-order chi connectivity index (χ0) is 20.9. The molecule has 7 heteroatoms. The number of methoxy groups -OCH3 is 1. The van der Waals surface area contributed by atoms with Gasteiger partial charge in [-0.25, -0.2) is 4.98 Å². The van der Waals surface area contributed by atoms with Gasteiger partial charge in [-0.05, 0) is 44.5 Å². The molecule has 1 aliphatic rings. The number of aliphatic carboxylic acids is 1. The monoisotopic (exact) mass is 409 g/mol. The maximum absolute atomic E-state index is 11.1. The molecule has 0 atom stereocenters. The molecule has 4 rings (SSSR count). The number of anilines is 1. The van der Waals surface area contributed by atoms with Crippen LogP contribution in [0.15, 0.2) is 36.4 Å². The minimum atomic E-state index is -0.922. The molecule has 0 bridgehead atoms. The summed E-state index contributed by atoms with van der Waals surface area (Å²) in [5.41, 5.74) is 2.26. The highest BCUT2D eigenvalue weighted by Gasteiger charge is 2.15. The van der Waals surface area contributed by atoms with Crippen molar-refractivity contribution in [2.45, 2.75) is 19.3 Å². The molecule has 0 saturated carbocycles. The average Bonchev–Trinajstić information content (AvgIpc) is 3.27. The van der Waals surface area contributed by atoms with Crippen LogP contribution in [0.25, 0.3) is 21.8 Å². The van der Waals surface area contributed by atoms with Crippen molar-refractivity contribution in [3.63, 3.8) is 0 Å². The van der Waals surface area contributed by atoms with Gasteiger partial charge in [-0.15, -0.1) is 0 Å². The number of likely N-dealkylation sites (tertiary alicyclic amines) is 1. The lowest BCUT2D eigenvalue weighted by Crippen LogP contribution is -2.21. The lowest BCUT2D eigenvalue weighted by atomic mass is 10.1. The highest BCUT2D eigenvalue weighted by atomic mass is 16.5. The Labute approximate surface area is 175 Å². The summed E-state index contributed by atoms with van der Waals surface area (Å²) in [4.78, 5) is 18.4. The summed E-state index contributed by atoms with van der Waals surface area (Å²) < 4.78 is 11.6. The van der Waals surface area contributed by atoms with Crippen LogP contribution in [0.2, 0.25) is 0 Å². The summed E-state index contributed by atoms with van der Waals surface area (Å²) in [6.45, 7) is 3.84. The number of benzene rings is 2. The van der Waals surface area contributed by atoms with Crippen molar-refractivity contribution in [1.29, 1.82) is 0 Å². The number of ether oxygens (including phenoxy) is 2. The first kappa shape index (κ1) is 20.2. The van der Waals surface area contributed by atoms with Crippen LogP contribution in [0.4, 0.5) is 5.69 Å². The van der Waals surface area contributed by atoms with E-state index in [1.165, 1.54) is 25.9 Å². The van der Waals surface area contributed by atoms with E-state index in [1.807, 2.05) is 36.4 Å². The number of fused-ring (bicyclic) bond motifs is 2. The molecular formula is C23H27N3O4. The Balaban J connectivity index is 1.63. The van der Waals surface area contributed by atoms with Gasteiger partial charge in [0, 0.05) is 23.4 Å². The first-order valence-electron chi connectivity index (χ1n) is 10.4. The van der Waals surface area contributed by atoms with Gasteiger partial charge in [-0.2, -0.15) is 0 Å². The summed E-state index contributed by atoms with van der Waals surface area (Å²) in [7, 11) is 1.61. The van der Waals surface area contributed by atoms with E-state index in [2.05, 4.69) is 10.2 Å². The normalized spacial score (nSPS) is 14.3. The third kappa shape index (κ3) is 4.41. The van der Waals surface area contributed by atoms with Gasteiger partial charge < -0.3 is 24.8 Å². The molecule has 30 heavy (non-hydrogen) atoms. The molecule has 0 aliphatic carbocycles. The number of aromatic nitrogens is 1. The number of carboxylic acids is 1. The summed E-state index contributed by atoms with van der Waals surface area (Å²) in [6, 6.07) is 11.4. The predicted octanol–water partition coefficient (Wildman–Crippen LogP) is 3.76. The molecule has 1 aromatic heterocycles. The molecule has 1 aliphatic heterocycles. The minimum absolute atomic E-state index is 0.180. The van der Waals surface area contributed by atoms with Gasteiger partial charge in [0.15, 0.2) is 11.5 Å². The fourth-order valence-electron chi connectivity index (χ4n) is 4.00. The summed E-state index contributed by atoms with van der Waals surface area (Å²) in [5, 5.41) is 13.8. The lowest BCUT2D eigenvalue weighted by molar-refractivity contribution is -0.134. The molecule has 0 radical (unpaired) electrons. The predicted molar refractivity (Wildman–Crippen MR) is 118 cm³/mol. The quantitative estimate of drug-likeness (QED) is 0.411. The largest absolute Gasteiger partial charge is 0.493 e. The number of nitrogens with one attached hydrogen (secondary N) is 1. The Morgan fingerprint density at radius 3 is 2.70 bits per heavy atom. The van der Waals surface area contributed by atoms with E-state index >= 15 is 0 Å². The van der Waals surface area contributed by atoms with E-state index < -0.39 is 5.97 Å². The molecule has 1 saturated heterocycles. The van der Waals surface area contributed by atoms with E-state index in [9.17, 15) is 4.79 Å². The van der Waals surface area contributed by atoms with Gasteiger partial charge in [-0.1, -0.05) is 18.2 Å². The second-order valence-corrected chi connectivity index (χ2v) is 7.52. The minimum Gasteiger partial charge on any atom is -0.493 e. The van der Waals surface area contributed by atoms with Gasteiger partial charge in [0.25, 0.3) is 0 Å². The Bertz CT molecular complexity index is 1050. The second kappa shape index (κ2) is 9.17. The molecule has 3 aromatic rings. The van der Waals surface area contributed by atoms with Crippen LogP contribution in [0.3, 0.4) is 0 Å². The number of carboxylic acid groups (broad SMARTS) is 1. The Kier molecular flexibility index (Phi) is 6.18. The second-order valence-electron chi connectivity index (χ2n) is 7.52. The lowest BCUT2D eigenvalue weighted by Gasteiger charge is -2.17. The molecule has 7 nitrogen and oxygen atoms in total. The van der Waals surface area contributed by atoms with Crippen LogP contribution < -0.4 is 14.8 Å². The van der Waals surface area contributed by atoms with Crippen LogP contribution in [-0.2, 0) is 4.79 Å². The molecule has 0 spiro atoms. The number of para-hydroxylation sites is 1. The highest BCUT2D eigenvalue weighted by molar-refractivity contribution is 6.08. The van der Waals surface area contributed by atoms with Crippen molar-refractivity contribution < 1.29 is 19.4 Å². The highest BCUT2D eigenvalue weighted by Crippen LogP contribution is 2.38. The van der Waals surface area contributed by atoms with Crippen LogP contribution >= 0.6 is 0 Å². The van der Waals surface area contributed by atoms with E-state index in [0.29, 0.717) is 18.1 Å². The first-order valence-corrected chi connectivity index (χ1v) is 10.4. The zero-order valence-corrected chi connectivity index (χ0v) is 17.2. The number of pyridine rings is 1. The molecule has 158 valence electrons. The molecular weight excluding hydrogens is 382 g/mol. The number of hydrogen-bond donors (Lipinski definition) is 2. The molecule has 2 aromatic carbocycles. The van der Waals surface area contributed by atoms with Crippen molar-refractivity contribution in [2.75, 3.05) is 45.2 Å². The number of hydrogen-bond acceptors (Lipinski definition) is 6. The number of rotatable bonds is 9. The Morgan fingerprint density at radius 2 is 1.93 bits per heavy atom. The zero-order valence-electron chi connectivity index (χ0n) is 17.2. The smallest absolute Gasteiger partial charge is 0.322 e. The molecule has 0 unspecified atom stereocenters. The average molecular weight is 409 g/mol. The first-order chi connectivity index (χ1) is 14.7. The molecule has 2 N–H and O–H groups in total. The van der Waals surface area contributed by atoms with Gasteiger partial charge in [0.2, 0.25) is 0 Å². The fraction of sp³-hybridized carbons (Fsp3) is 0.391. The topological polar surface area (TPSA) is 83.9 Å². The summed E-state index contributed by atoms with van der Waals surface area (Å²) in [6.07, 6.45) is 3.53. The van der Waals surface area contributed by atoms with Crippen molar-refractivity contribution in [3.8, 4) is 11.5 Å². The number of nitrogens with zero attached hydrogens (tertiary/aromatic N) is 2. The fourth-order valence-corrected chi connectivity index (χ4v) is 4.00. The summed E-state index contributed by atoms with van der Waals surface area (Å²) >= 11 is 0. The van der Waals surface area contributed by atoms with Gasteiger partial charge in [-0.3, -0.25) is 4.79 Å². The van der Waals surface area contributed by atoms with E-state index in [0.717, 1.165) is 40.5 Å². The van der Waals surface area contributed by atoms with Crippen LogP contribution in [-0.4, -0.2) is 60.9 Å². The molecule has 1 fully saturated rings. The van der Waals surface area contributed by atoms with Gasteiger partial charge in [0.05, 0.1) is 30.4 Å². The Hall–Kier alpha value is -3.06. The third-order valence-electron chi connectivity index (χ3n) is 5.46. The van der Waals surface area contributed by atoms with E-state index in [4.69, 9.17) is 19.6 Å². The molecule has 0 amide bonds. The maximum Gasteiger partial charge on any atom is 0.322 e. The van der Waals surface area contributed by atoms with Gasteiger partial charge >= 0.3 is 5.97 Å². The number of carbonyl (C=O) groups is 1. The standard InChI is InChI=1S/C23H27N3O4/c1-29-20-13-17-19(14-21(20)30-12-6-11-26-9-4-5-10-26)25-18-8-3-2-7-16(18)23(17)24-15-22(27)28/h2-3,7-8,13-14H,4-6,9-12,15H2,1H3,(H,24,25)(H,27,28). The Morgan fingerprint density at radius 1 is 1.13 bits per heavy atom. The van der Waals surface area contributed by atoms with Crippen LogP contribution in [0.5, 0.6) is 11.5 Å².